The number of thioether (sulfide) groups is 1. The highest BCUT2D eigenvalue weighted by Crippen LogP contribution is 2.36. The number of nitrogens with one attached hydrogen (secondary N) is 1. The van der Waals surface area contributed by atoms with Crippen molar-refractivity contribution in [2.24, 2.45) is 11.8 Å². The van der Waals surface area contributed by atoms with Crippen LogP contribution >= 0.6 is 11.8 Å². The lowest BCUT2D eigenvalue weighted by Gasteiger charge is -2.25. The molecule has 0 aromatic rings. The molecule has 0 bridgehead atoms. The van der Waals surface area contributed by atoms with E-state index in [1.54, 1.807) is 0 Å². The van der Waals surface area contributed by atoms with Gasteiger partial charge in [-0.3, -0.25) is 0 Å². The first-order valence-electron chi connectivity index (χ1n) is 7.48. The van der Waals surface area contributed by atoms with E-state index in [-0.39, 0.29) is 17.5 Å². The number of hydrogen-bond donors (Lipinski definition) is 1. The van der Waals surface area contributed by atoms with Gasteiger partial charge in [0.05, 0.1) is 0 Å². The topological polar surface area (TPSA) is 12.0 Å². The molecule has 2 saturated carbocycles. The second-order valence-electron chi connectivity index (χ2n) is 5.92. The van der Waals surface area contributed by atoms with Crippen LogP contribution in [0.5, 0.6) is 0 Å². The second-order valence-corrected chi connectivity index (χ2v) is 7.08. The van der Waals surface area contributed by atoms with Crippen molar-refractivity contribution in [2.75, 3.05) is 12.3 Å². The molecule has 2 aliphatic rings. The van der Waals surface area contributed by atoms with E-state index in [9.17, 15) is 13.2 Å². The summed E-state index contributed by atoms with van der Waals surface area (Å²) in [6.07, 6.45) is 9.30. The van der Waals surface area contributed by atoms with Gasteiger partial charge in [-0.05, 0) is 44.1 Å². The third-order valence-corrected chi connectivity index (χ3v) is 5.08. The molecule has 2 aliphatic carbocycles. The molecule has 0 radical (unpaired) electrons. The summed E-state index contributed by atoms with van der Waals surface area (Å²) >= 11 is 0.152. The maximum Gasteiger partial charge on any atom is 0.441 e. The van der Waals surface area contributed by atoms with Gasteiger partial charge in [-0.15, -0.1) is 0 Å². The zero-order valence-electron chi connectivity index (χ0n) is 11.3. The van der Waals surface area contributed by atoms with Crippen molar-refractivity contribution in [3.05, 3.63) is 0 Å². The lowest BCUT2D eigenvalue weighted by atomic mass is 9.86. The molecule has 0 aromatic heterocycles. The monoisotopic (exact) mass is 295 g/mol. The number of alkyl halides is 3. The molecule has 5 heteroatoms. The standard InChI is InChI=1S/C14H24F3NS/c15-14(16,17)19-9-8-11-4-2-1-3-5-12(11)10-18-13-6-7-13/h11-13,18H,1-10H2. The van der Waals surface area contributed by atoms with Crippen LogP contribution in [0.15, 0.2) is 0 Å². The van der Waals surface area contributed by atoms with Gasteiger partial charge in [-0.2, -0.15) is 13.2 Å². The fraction of sp³-hybridized carbons (Fsp3) is 1.00. The summed E-state index contributed by atoms with van der Waals surface area (Å²) in [4.78, 5) is 0. The van der Waals surface area contributed by atoms with Crippen LogP contribution in [0.1, 0.15) is 51.4 Å². The van der Waals surface area contributed by atoms with Crippen LogP contribution in [-0.4, -0.2) is 23.8 Å². The molecule has 1 nitrogen and oxygen atoms in total. The Morgan fingerprint density at radius 2 is 1.63 bits per heavy atom. The van der Waals surface area contributed by atoms with Crippen LogP contribution in [0.3, 0.4) is 0 Å². The lowest BCUT2D eigenvalue weighted by molar-refractivity contribution is -0.0328. The van der Waals surface area contributed by atoms with E-state index in [0.29, 0.717) is 17.9 Å². The van der Waals surface area contributed by atoms with E-state index in [1.165, 1.54) is 38.5 Å². The van der Waals surface area contributed by atoms with Gasteiger partial charge in [0, 0.05) is 11.8 Å². The summed E-state index contributed by atoms with van der Waals surface area (Å²) in [5, 5.41) is 3.56. The van der Waals surface area contributed by atoms with Crippen molar-refractivity contribution in [3.63, 3.8) is 0 Å². The second kappa shape index (κ2) is 7.21. The van der Waals surface area contributed by atoms with Crippen LogP contribution in [-0.2, 0) is 0 Å². The molecule has 0 heterocycles. The molecule has 0 spiro atoms. The van der Waals surface area contributed by atoms with Crippen LogP contribution in [0.2, 0.25) is 0 Å². The Kier molecular flexibility index (Phi) is 5.87. The number of rotatable bonds is 6. The van der Waals surface area contributed by atoms with E-state index in [1.807, 2.05) is 0 Å². The molecular weight excluding hydrogens is 271 g/mol. The van der Waals surface area contributed by atoms with Gasteiger partial charge in [-0.25, -0.2) is 0 Å². The molecule has 112 valence electrons. The van der Waals surface area contributed by atoms with Crippen molar-refractivity contribution < 1.29 is 13.2 Å². The average Bonchev–Trinajstić information content (AvgIpc) is 3.11. The molecule has 0 aliphatic heterocycles. The number of hydrogen-bond acceptors (Lipinski definition) is 2. The Labute approximate surface area is 118 Å². The fourth-order valence-corrected chi connectivity index (χ4v) is 3.69. The van der Waals surface area contributed by atoms with Gasteiger partial charge < -0.3 is 5.32 Å². The Morgan fingerprint density at radius 1 is 0.947 bits per heavy atom. The van der Waals surface area contributed by atoms with E-state index < -0.39 is 5.51 Å². The predicted octanol–water partition coefficient (Wildman–Crippen LogP) is 4.58. The smallest absolute Gasteiger partial charge is 0.314 e. The molecule has 2 unspecified atom stereocenters. The highest BCUT2D eigenvalue weighted by molar-refractivity contribution is 8.00. The minimum absolute atomic E-state index is 0.152. The van der Waals surface area contributed by atoms with Crippen molar-refractivity contribution in [1.82, 2.24) is 5.32 Å². The van der Waals surface area contributed by atoms with E-state index in [0.717, 1.165) is 19.4 Å². The van der Waals surface area contributed by atoms with Gasteiger partial charge in [0.1, 0.15) is 0 Å². The Bertz CT molecular complexity index is 266. The highest BCUT2D eigenvalue weighted by atomic mass is 32.2. The normalized spacial score (nSPS) is 29.2. The minimum Gasteiger partial charge on any atom is -0.314 e. The maximum atomic E-state index is 12.2. The summed E-state index contributed by atoms with van der Waals surface area (Å²) < 4.78 is 36.6. The van der Waals surface area contributed by atoms with E-state index in [2.05, 4.69) is 5.32 Å². The molecule has 1 N–H and O–H groups in total. The Morgan fingerprint density at radius 3 is 2.26 bits per heavy atom. The Hall–Kier alpha value is 0.1000. The van der Waals surface area contributed by atoms with E-state index >= 15 is 0 Å². The molecule has 19 heavy (non-hydrogen) atoms. The summed E-state index contributed by atoms with van der Waals surface area (Å²) in [5.41, 5.74) is -4.06. The van der Waals surface area contributed by atoms with Gasteiger partial charge in [0.25, 0.3) is 0 Å². The fourth-order valence-electron chi connectivity index (χ4n) is 3.04. The van der Waals surface area contributed by atoms with Crippen LogP contribution in [0.25, 0.3) is 0 Å². The summed E-state index contributed by atoms with van der Waals surface area (Å²) in [7, 11) is 0. The van der Waals surface area contributed by atoms with E-state index in [4.69, 9.17) is 0 Å². The van der Waals surface area contributed by atoms with Crippen LogP contribution in [0.4, 0.5) is 13.2 Å². The predicted molar refractivity (Wildman–Crippen MR) is 74.2 cm³/mol. The first-order chi connectivity index (χ1) is 9.04. The molecular formula is C14H24F3NS. The zero-order chi connectivity index (χ0) is 13.7. The quantitative estimate of drug-likeness (QED) is 0.720. The average molecular weight is 295 g/mol. The number of halogens is 3. The van der Waals surface area contributed by atoms with Gasteiger partial charge in [-0.1, -0.05) is 37.4 Å². The minimum atomic E-state index is -4.06. The van der Waals surface area contributed by atoms with Crippen LogP contribution in [0, 0.1) is 11.8 Å². The molecule has 2 fully saturated rings. The molecule has 2 atom stereocenters. The third-order valence-electron chi connectivity index (χ3n) is 4.32. The van der Waals surface area contributed by atoms with Crippen molar-refractivity contribution >= 4 is 11.8 Å². The lowest BCUT2D eigenvalue weighted by Crippen LogP contribution is -2.29. The first-order valence-corrected chi connectivity index (χ1v) is 8.47. The van der Waals surface area contributed by atoms with Crippen molar-refractivity contribution in [1.29, 1.82) is 0 Å². The third kappa shape index (κ3) is 6.39. The summed E-state index contributed by atoms with van der Waals surface area (Å²) in [5.74, 6) is 1.31. The van der Waals surface area contributed by atoms with Crippen molar-refractivity contribution in [3.8, 4) is 0 Å². The van der Waals surface area contributed by atoms with Gasteiger partial charge >= 0.3 is 5.51 Å². The molecule has 0 saturated heterocycles. The van der Waals surface area contributed by atoms with Crippen LogP contribution < -0.4 is 5.32 Å². The SMILES string of the molecule is FC(F)(F)SCCC1CCCCCC1CNC1CC1. The summed E-state index contributed by atoms with van der Waals surface area (Å²) in [6, 6.07) is 0.702. The first kappa shape index (κ1) is 15.5. The van der Waals surface area contributed by atoms with Gasteiger partial charge in [0.15, 0.2) is 0 Å². The van der Waals surface area contributed by atoms with Gasteiger partial charge in [0.2, 0.25) is 0 Å². The summed E-state index contributed by atoms with van der Waals surface area (Å²) in [6.45, 7) is 1.02. The highest BCUT2D eigenvalue weighted by Gasteiger charge is 2.30. The van der Waals surface area contributed by atoms with Crippen molar-refractivity contribution in [2.45, 2.75) is 62.9 Å². The molecule has 2 rings (SSSR count). The Balaban J connectivity index is 1.74. The zero-order valence-corrected chi connectivity index (χ0v) is 12.2. The maximum absolute atomic E-state index is 12.2. The largest absolute Gasteiger partial charge is 0.441 e. The molecule has 0 amide bonds. The molecule has 0 aromatic carbocycles.